The van der Waals surface area contributed by atoms with Crippen molar-refractivity contribution in [3.8, 4) is 5.88 Å². The van der Waals surface area contributed by atoms with E-state index < -0.39 is 41.6 Å². The van der Waals surface area contributed by atoms with Crippen LogP contribution in [0.15, 0.2) is 6.20 Å². The van der Waals surface area contributed by atoms with Crippen molar-refractivity contribution in [2.45, 2.75) is 12.8 Å². The van der Waals surface area contributed by atoms with Gasteiger partial charge in [-0.3, -0.25) is 0 Å². The number of rotatable bonds is 3. The van der Waals surface area contributed by atoms with E-state index in [1.807, 2.05) is 0 Å². The van der Waals surface area contributed by atoms with E-state index in [1.54, 1.807) is 0 Å². The molecule has 1 rings (SSSR count). The van der Waals surface area contributed by atoms with Crippen LogP contribution in [0.5, 0.6) is 5.88 Å². The molecule has 0 bridgehead atoms. The van der Waals surface area contributed by atoms with E-state index in [4.69, 9.17) is 0 Å². The Kier molecular flexibility index (Phi) is 4.22. The zero-order valence-corrected chi connectivity index (χ0v) is 9.09. The molecule has 0 N–H and O–H groups in total. The molecule has 1 aromatic rings. The lowest BCUT2D eigenvalue weighted by atomic mass is 10.2. The standard InChI is InChI=1S/C9H5F6NO3/c1-18-8(17)4-5(10)3(6(11)12)2-16-7(4)19-9(13,14)15/h2,6H,1H3. The van der Waals surface area contributed by atoms with Crippen molar-refractivity contribution >= 4 is 5.97 Å². The molecule has 0 spiro atoms. The van der Waals surface area contributed by atoms with Crippen LogP contribution in [0.4, 0.5) is 26.3 Å². The van der Waals surface area contributed by atoms with Gasteiger partial charge in [-0.25, -0.2) is 22.9 Å². The molecule has 4 nitrogen and oxygen atoms in total. The third-order valence-electron chi connectivity index (χ3n) is 1.84. The van der Waals surface area contributed by atoms with Gasteiger partial charge < -0.3 is 9.47 Å². The van der Waals surface area contributed by atoms with Gasteiger partial charge in [-0.05, 0) is 0 Å². The van der Waals surface area contributed by atoms with Crippen LogP contribution < -0.4 is 4.74 Å². The fraction of sp³-hybridized carbons (Fsp3) is 0.333. The first-order chi connectivity index (χ1) is 8.67. The smallest absolute Gasteiger partial charge is 0.465 e. The average molecular weight is 289 g/mol. The van der Waals surface area contributed by atoms with Crippen molar-refractivity contribution in [2.75, 3.05) is 7.11 Å². The third-order valence-corrected chi connectivity index (χ3v) is 1.84. The quantitative estimate of drug-likeness (QED) is 0.634. The number of alkyl halides is 5. The number of esters is 1. The summed E-state index contributed by atoms with van der Waals surface area (Å²) >= 11 is 0. The molecule has 0 aliphatic rings. The summed E-state index contributed by atoms with van der Waals surface area (Å²) in [4.78, 5) is 14.0. The van der Waals surface area contributed by atoms with Gasteiger partial charge in [0, 0.05) is 6.20 Å². The van der Waals surface area contributed by atoms with Crippen molar-refractivity contribution in [2.24, 2.45) is 0 Å². The molecule has 106 valence electrons. The van der Waals surface area contributed by atoms with Crippen molar-refractivity contribution in [3.05, 3.63) is 23.1 Å². The average Bonchev–Trinajstić information content (AvgIpc) is 2.25. The molecule has 0 aromatic carbocycles. The van der Waals surface area contributed by atoms with Crippen LogP contribution in [-0.2, 0) is 4.74 Å². The molecule has 0 radical (unpaired) electrons. The van der Waals surface area contributed by atoms with Gasteiger partial charge in [0.2, 0.25) is 5.88 Å². The van der Waals surface area contributed by atoms with Gasteiger partial charge in [-0.2, -0.15) is 0 Å². The Morgan fingerprint density at radius 3 is 2.37 bits per heavy atom. The molecule has 1 aromatic heterocycles. The minimum Gasteiger partial charge on any atom is -0.465 e. The Bertz CT molecular complexity index is 488. The van der Waals surface area contributed by atoms with Crippen molar-refractivity contribution in [1.29, 1.82) is 0 Å². The molecule has 10 heteroatoms. The predicted octanol–water partition coefficient (Wildman–Crippen LogP) is 2.84. The van der Waals surface area contributed by atoms with Gasteiger partial charge in [0.25, 0.3) is 6.43 Å². The second-order valence-corrected chi connectivity index (χ2v) is 3.05. The molecule has 0 aliphatic heterocycles. The Morgan fingerprint density at radius 1 is 1.37 bits per heavy atom. The molecule has 0 fully saturated rings. The molecule has 0 saturated heterocycles. The van der Waals surface area contributed by atoms with Gasteiger partial charge in [0.15, 0.2) is 11.4 Å². The first-order valence-corrected chi connectivity index (χ1v) is 4.48. The molecule has 0 saturated carbocycles. The number of hydrogen-bond donors (Lipinski definition) is 0. The van der Waals surface area contributed by atoms with Gasteiger partial charge in [0.05, 0.1) is 12.7 Å². The number of methoxy groups -OCH3 is 1. The number of ether oxygens (including phenoxy) is 2. The lowest BCUT2D eigenvalue weighted by Gasteiger charge is -2.13. The topological polar surface area (TPSA) is 48.4 Å². The number of pyridine rings is 1. The van der Waals surface area contributed by atoms with Crippen LogP contribution >= 0.6 is 0 Å². The molecule has 0 aliphatic carbocycles. The minimum atomic E-state index is -5.27. The van der Waals surface area contributed by atoms with Crippen molar-refractivity contribution < 1.29 is 40.6 Å². The summed E-state index contributed by atoms with van der Waals surface area (Å²) in [6.07, 6.45) is -8.49. The maximum Gasteiger partial charge on any atom is 0.574 e. The predicted molar refractivity (Wildman–Crippen MR) is 47.2 cm³/mol. The lowest BCUT2D eigenvalue weighted by molar-refractivity contribution is -0.276. The van der Waals surface area contributed by atoms with Crippen LogP contribution in [0.25, 0.3) is 0 Å². The highest BCUT2D eigenvalue weighted by atomic mass is 19.4. The zero-order chi connectivity index (χ0) is 14.8. The highest BCUT2D eigenvalue weighted by Crippen LogP contribution is 2.31. The van der Waals surface area contributed by atoms with E-state index in [-0.39, 0.29) is 6.20 Å². The summed E-state index contributed by atoms with van der Waals surface area (Å²) in [5, 5.41) is 0. The second kappa shape index (κ2) is 5.33. The van der Waals surface area contributed by atoms with Gasteiger partial charge in [0.1, 0.15) is 0 Å². The maximum atomic E-state index is 13.5. The Labute approximate surface area is 101 Å². The Hall–Kier alpha value is -2.00. The normalized spacial score (nSPS) is 11.6. The third kappa shape index (κ3) is 3.48. The summed E-state index contributed by atoms with van der Waals surface area (Å²) in [5.41, 5.74) is -2.78. The summed E-state index contributed by atoms with van der Waals surface area (Å²) in [7, 11) is 0.730. The summed E-state index contributed by atoms with van der Waals surface area (Å²) in [5.74, 6) is -5.00. The fourth-order valence-corrected chi connectivity index (χ4v) is 1.11. The summed E-state index contributed by atoms with van der Waals surface area (Å²) in [6.45, 7) is 0. The molecule has 0 unspecified atom stereocenters. The van der Waals surface area contributed by atoms with Crippen LogP contribution in [0.3, 0.4) is 0 Å². The fourth-order valence-electron chi connectivity index (χ4n) is 1.11. The molecule has 0 amide bonds. The van der Waals surface area contributed by atoms with E-state index in [9.17, 15) is 31.1 Å². The van der Waals surface area contributed by atoms with Crippen LogP contribution in [-0.4, -0.2) is 24.4 Å². The van der Waals surface area contributed by atoms with Crippen molar-refractivity contribution in [3.63, 3.8) is 0 Å². The number of carbonyl (C=O) groups is 1. The Morgan fingerprint density at radius 2 is 1.95 bits per heavy atom. The van der Waals surface area contributed by atoms with E-state index >= 15 is 0 Å². The number of carbonyl (C=O) groups excluding carboxylic acids is 1. The largest absolute Gasteiger partial charge is 0.574 e. The van der Waals surface area contributed by atoms with Gasteiger partial charge in [-0.15, -0.1) is 13.2 Å². The van der Waals surface area contributed by atoms with E-state index in [0.717, 1.165) is 7.11 Å². The van der Waals surface area contributed by atoms with E-state index in [0.29, 0.717) is 0 Å². The monoisotopic (exact) mass is 289 g/mol. The number of hydrogen-bond acceptors (Lipinski definition) is 4. The molecule has 1 heterocycles. The lowest BCUT2D eigenvalue weighted by Crippen LogP contribution is -2.21. The Balaban J connectivity index is 3.40. The van der Waals surface area contributed by atoms with Gasteiger partial charge >= 0.3 is 12.3 Å². The first-order valence-electron chi connectivity index (χ1n) is 4.48. The molecule has 19 heavy (non-hydrogen) atoms. The van der Waals surface area contributed by atoms with Crippen LogP contribution in [0.2, 0.25) is 0 Å². The maximum absolute atomic E-state index is 13.5. The highest BCUT2D eigenvalue weighted by molar-refractivity contribution is 5.92. The van der Waals surface area contributed by atoms with E-state index in [2.05, 4.69) is 14.5 Å². The van der Waals surface area contributed by atoms with E-state index in [1.165, 1.54) is 0 Å². The zero-order valence-electron chi connectivity index (χ0n) is 9.09. The summed E-state index contributed by atoms with van der Waals surface area (Å²) in [6, 6.07) is 0. The number of aromatic nitrogens is 1. The van der Waals surface area contributed by atoms with Gasteiger partial charge in [-0.1, -0.05) is 0 Å². The number of nitrogens with zero attached hydrogens (tertiary/aromatic N) is 1. The molecule has 0 atom stereocenters. The SMILES string of the molecule is COC(=O)c1c(OC(F)(F)F)ncc(C(F)F)c1F. The van der Waals surface area contributed by atoms with Crippen LogP contribution in [0, 0.1) is 5.82 Å². The minimum absolute atomic E-state index is 0.146. The second-order valence-electron chi connectivity index (χ2n) is 3.05. The number of halogens is 6. The summed E-state index contributed by atoms with van der Waals surface area (Å²) < 4.78 is 81.5. The van der Waals surface area contributed by atoms with Crippen molar-refractivity contribution in [1.82, 2.24) is 4.98 Å². The molecular formula is C9H5F6NO3. The van der Waals surface area contributed by atoms with Crippen LogP contribution in [0.1, 0.15) is 22.3 Å². The molecular weight excluding hydrogens is 284 g/mol. The highest BCUT2D eigenvalue weighted by Gasteiger charge is 2.36. The first kappa shape index (κ1) is 15.1.